The molecule has 1 aromatic heterocycles. The highest BCUT2D eigenvalue weighted by Crippen LogP contribution is 2.33. The lowest BCUT2D eigenvalue weighted by molar-refractivity contribution is -0.00896. The summed E-state index contributed by atoms with van der Waals surface area (Å²) < 4.78 is 1.75. The van der Waals surface area contributed by atoms with Gasteiger partial charge in [-0.3, -0.25) is 4.68 Å². The number of rotatable bonds is 5. The van der Waals surface area contributed by atoms with Gasteiger partial charge in [-0.25, -0.2) is 4.98 Å². The number of hydrogen-bond donors (Lipinski definition) is 2. The molecule has 0 saturated heterocycles. The first-order valence-electron chi connectivity index (χ1n) is 6.89. The van der Waals surface area contributed by atoms with Gasteiger partial charge in [0.15, 0.2) is 0 Å². The van der Waals surface area contributed by atoms with Crippen LogP contribution in [0.4, 0.5) is 0 Å². The first-order chi connectivity index (χ1) is 8.63. The number of hydrogen-bond acceptors (Lipinski definition) is 4. The fraction of sp³-hybridized carbons (Fsp3) is 0.846. The van der Waals surface area contributed by atoms with Crippen LogP contribution in [0.5, 0.6) is 0 Å². The third kappa shape index (κ3) is 3.29. The van der Waals surface area contributed by atoms with E-state index in [1.807, 2.05) is 7.05 Å². The van der Waals surface area contributed by atoms with E-state index in [9.17, 15) is 5.11 Å². The van der Waals surface area contributed by atoms with Gasteiger partial charge < -0.3 is 10.4 Å². The Hall–Kier alpha value is -0.940. The van der Waals surface area contributed by atoms with Crippen molar-refractivity contribution in [1.29, 1.82) is 0 Å². The summed E-state index contributed by atoms with van der Waals surface area (Å²) in [5.74, 6) is 1.71. The molecule has 0 radical (unpaired) electrons. The van der Waals surface area contributed by atoms with Crippen molar-refractivity contribution in [3.8, 4) is 0 Å². The van der Waals surface area contributed by atoms with Crippen molar-refractivity contribution in [2.75, 3.05) is 6.54 Å². The van der Waals surface area contributed by atoms with Gasteiger partial charge in [-0.1, -0.05) is 13.3 Å². The topological polar surface area (TPSA) is 63.0 Å². The molecule has 0 atom stereocenters. The number of aliphatic hydroxyl groups is 1. The van der Waals surface area contributed by atoms with E-state index in [1.165, 1.54) is 6.42 Å². The SMILES string of the molecule is CCC1CCC(O)(CNCc2ncnn2C)CC1. The quantitative estimate of drug-likeness (QED) is 0.827. The van der Waals surface area contributed by atoms with E-state index < -0.39 is 5.60 Å². The Morgan fingerprint density at radius 1 is 1.50 bits per heavy atom. The largest absolute Gasteiger partial charge is 0.389 e. The summed E-state index contributed by atoms with van der Waals surface area (Å²) in [4.78, 5) is 4.15. The molecule has 5 heteroatoms. The first-order valence-corrected chi connectivity index (χ1v) is 6.89. The molecular weight excluding hydrogens is 228 g/mol. The van der Waals surface area contributed by atoms with E-state index >= 15 is 0 Å². The summed E-state index contributed by atoms with van der Waals surface area (Å²) in [5, 5.41) is 17.8. The molecule has 1 aliphatic carbocycles. The summed E-state index contributed by atoms with van der Waals surface area (Å²) in [6.07, 6.45) is 6.92. The Kier molecular flexibility index (Phi) is 4.35. The summed E-state index contributed by atoms with van der Waals surface area (Å²) in [5.41, 5.74) is -0.524. The molecule has 2 N–H and O–H groups in total. The lowest BCUT2D eigenvalue weighted by Crippen LogP contribution is -2.43. The molecule has 18 heavy (non-hydrogen) atoms. The predicted octanol–water partition coefficient (Wildman–Crippen LogP) is 1.24. The molecule has 0 aliphatic heterocycles. The normalized spacial score (nSPS) is 28.5. The van der Waals surface area contributed by atoms with Crippen LogP contribution in [0.25, 0.3) is 0 Å². The Balaban J connectivity index is 1.75. The Morgan fingerprint density at radius 2 is 2.22 bits per heavy atom. The molecule has 0 bridgehead atoms. The van der Waals surface area contributed by atoms with Gasteiger partial charge in [0, 0.05) is 13.6 Å². The monoisotopic (exact) mass is 252 g/mol. The molecule has 1 heterocycles. The zero-order valence-electron chi connectivity index (χ0n) is 11.4. The molecule has 0 spiro atoms. The molecule has 1 aromatic rings. The zero-order valence-corrected chi connectivity index (χ0v) is 11.4. The van der Waals surface area contributed by atoms with Crippen LogP contribution in [-0.2, 0) is 13.6 Å². The number of aromatic nitrogens is 3. The van der Waals surface area contributed by atoms with Gasteiger partial charge in [0.2, 0.25) is 0 Å². The minimum Gasteiger partial charge on any atom is -0.389 e. The number of aryl methyl sites for hydroxylation is 1. The zero-order chi connectivity index (χ0) is 13.0. The van der Waals surface area contributed by atoms with Crippen LogP contribution >= 0.6 is 0 Å². The van der Waals surface area contributed by atoms with Crippen molar-refractivity contribution < 1.29 is 5.11 Å². The molecule has 0 aromatic carbocycles. The van der Waals surface area contributed by atoms with Crippen molar-refractivity contribution in [3.63, 3.8) is 0 Å². The molecule has 1 aliphatic rings. The predicted molar refractivity (Wildman–Crippen MR) is 69.9 cm³/mol. The van der Waals surface area contributed by atoms with Gasteiger partial charge in [0.05, 0.1) is 12.1 Å². The highest BCUT2D eigenvalue weighted by atomic mass is 16.3. The average Bonchev–Trinajstić information content (AvgIpc) is 2.76. The van der Waals surface area contributed by atoms with Crippen LogP contribution in [0.15, 0.2) is 6.33 Å². The Labute approximate surface area is 109 Å². The van der Waals surface area contributed by atoms with Crippen molar-refractivity contribution in [2.45, 2.75) is 51.2 Å². The fourth-order valence-electron chi connectivity index (χ4n) is 2.69. The summed E-state index contributed by atoms with van der Waals surface area (Å²) >= 11 is 0. The van der Waals surface area contributed by atoms with Gasteiger partial charge in [0.1, 0.15) is 12.2 Å². The van der Waals surface area contributed by atoms with E-state index in [1.54, 1.807) is 11.0 Å². The van der Waals surface area contributed by atoms with Gasteiger partial charge in [0.25, 0.3) is 0 Å². The second-order valence-electron chi connectivity index (χ2n) is 5.48. The van der Waals surface area contributed by atoms with Crippen LogP contribution in [0.2, 0.25) is 0 Å². The minimum atomic E-state index is -0.524. The lowest BCUT2D eigenvalue weighted by Gasteiger charge is -2.36. The maximum absolute atomic E-state index is 10.5. The van der Waals surface area contributed by atoms with Gasteiger partial charge >= 0.3 is 0 Å². The van der Waals surface area contributed by atoms with E-state index in [2.05, 4.69) is 22.3 Å². The van der Waals surface area contributed by atoms with Crippen LogP contribution in [0.1, 0.15) is 44.9 Å². The van der Waals surface area contributed by atoms with E-state index in [0.29, 0.717) is 13.1 Å². The summed E-state index contributed by atoms with van der Waals surface area (Å²) in [7, 11) is 1.88. The highest BCUT2D eigenvalue weighted by Gasteiger charge is 2.32. The minimum absolute atomic E-state index is 0.524. The molecule has 1 saturated carbocycles. The fourth-order valence-corrected chi connectivity index (χ4v) is 2.69. The lowest BCUT2D eigenvalue weighted by atomic mass is 9.78. The molecule has 0 amide bonds. The van der Waals surface area contributed by atoms with E-state index in [4.69, 9.17) is 0 Å². The van der Waals surface area contributed by atoms with E-state index in [-0.39, 0.29) is 0 Å². The van der Waals surface area contributed by atoms with Crippen molar-refractivity contribution in [2.24, 2.45) is 13.0 Å². The van der Waals surface area contributed by atoms with Gasteiger partial charge in [-0.15, -0.1) is 0 Å². The van der Waals surface area contributed by atoms with Crippen LogP contribution in [0.3, 0.4) is 0 Å². The molecular formula is C13H24N4O. The van der Waals surface area contributed by atoms with Crippen molar-refractivity contribution in [1.82, 2.24) is 20.1 Å². The maximum Gasteiger partial charge on any atom is 0.140 e. The molecule has 5 nitrogen and oxygen atoms in total. The number of nitrogens with zero attached hydrogens (tertiary/aromatic N) is 3. The van der Waals surface area contributed by atoms with Crippen LogP contribution in [-0.4, -0.2) is 32.0 Å². The van der Waals surface area contributed by atoms with Crippen LogP contribution in [0, 0.1) is 5.92 Å². The van der Waals surface area contributed by atoms with Gasteiger partial charge in [-0.2, -0.15) is 5.10 Å². The third-order valence-electron chi connectivity index (χ3n) is 4.16. The van der Waals surface area contributed by atoms with E-state index in [0.717, 1.165) is 37.4 Å². The Bertz CT molecular complexity index is 369. The molecule has 102 valence electrons. The van der Waals surface area contributed by atoms with Crippen molar-refractivity contribution in [3.05, 3.63) is 12.2 Å². The molecule has 2 rings (SSSR count). The average molecular weight is 252 g/mol. The smallest absolute Gasteiger partial charge is 0.140 e. The molecule has 0 unspecified atom stereocenters. The van der Waals surface area contributed by atoms with Crippen LogP contribution < -0.4 is 5.32 Å². The number of nitrogens with one attached hydrogen (secondary N) is 1. The molecule has 1 fully saturated rings. The summed E-state index contributed by atoms with van der Waals surface area (Å²) in [6.45, 7) is 3.55. The first kappa shape index (κ1) is 13.5. The second-order valence-corrected chi connectivity index (χ2v) is 5.48. The Morgan fingerprint density at radius 3 is 2.78 bits per heavy atom. The van der Waals surface area contributed by atoms with Gasteiger partial charge in [-0.05, 0) is 31.6 Å². The third-order valence-corrected chi connectivity index (χ3v) is 4.16. The standard InChI is InChI=1S/C13H24N4O/c1-3-11-4-6-13(18,7-5-11)9-14-8-12-15-10-16-17(12)2/h10-11,14,18H,3-9H2,1-2H3. The highest BCUT2D eigenvalue weighted by molar-refractivity contribution is 4.89. The summed E-state index contributed by atoms with van der Waals surface area (Å²) in [6, 6.07) is 0. The second kappa shape index (κ2) is 5.80. The maximum atomic E-state index is 10.5. The van der Waals surface area contributed by atoms with Crippen molar-refractivity contribution >= 4 is 0 Å².